The molecule has 0 saturated carbocycles. The van der Waals surface area contributed by atoms with Crippen LogP contribution in [-0.4, -0.2) is 0 Å². The first kappa shape index (κ1) is 6.48. The molecule has 1 rings (SSSR count). The first-order valence-corrected chi connectivity index (χ1v) is 3.45. The highest BCUT2D eigenvalue weighted by Gasteiger charge is 1.88. The second kappa shape index (κ2) is 1.95. The second-order valence-electron chi connectivity index (χ2n) is 1.32. The molecule has 0 unspecified atom stereocenters. The summed E-state index contributed by atoms with van der Waals surface area (Å²) in [4.78, 5) is 1.19. The topological polar surface area (TPSA) is 0 Å². The van der Waals surface area contributed by atoms with Crippen LogP contribution < -0.4 is 0 Å². The molecule has 0 amide bonds. The minimum absolute atomic E-state index is 0.597. The Bertz CT molecular complexity index is 248. The van der Waals surface area contributed by atoms with Gasteiger partial charge in [-0.1, -0.05) is 24.4 Å². The summed E-state index contributed by atoms with van der Waals surface area (Å²) in [6.07, 6.45) is 0. The van der Waals surface area contributed by atoms with Gasteiger partial charge in [0.15, 0.2) is 0 Å². The van der Waals surface area contributed by atoms with Gasteiger partial charge in [-0.2, -0.15) is 9.79 Å². The molecule has 0 radical (unpaired) electrons. The Labute approximate surface area is 68.4 Å². The summed E-state index contributed by atoms with van der Waals surface area (Å²) in [5, 5.41) is 0. The summed E-state index contributed by atoms with van der Waals surface area (Å²) in [5.41, 5.74) is 0. The molecular weight excluding hydrogens is 176 g/mol. The van der Waals surface area contributed by atoms with Crippen molar-refractivity contribution in [3.05, 3.63) is 9.02 Å². The first-order valence-electron chi connectivity index (χ1n) is 1.82. The van der Waals surface area contributed by atoms with Crippen LogP contribution in [0, 0.1) is 9.02 Å². The highest BCUT2D eigenvalue weighted by Crippen LogP contribution is 2.17. The van der Waals surface area contributed by atoms with Crippen molar-refractivity contribution in [1.29, 1.82) is 0 Å². The predicted octanol–water partition coefficient (Wildman–Crippen LogP) is 1.83. The summed E-state index contributed by atoms with van der Waals surface area (Å²) in [6.45, 7) is 0. The summed E-state index contributed by atoms with van der Waals surface area (Å²) >= 11 is 18.9. The predicted molar refractivity (Wildman–Crippen MR) is 41.7 cm³/mol. The van der Waals surface area contributed by atoms with Gasteiger partial charge in [-0.25, -0.2) is 0 Å². The maximum atomic E-state index is 4.74. The van der Waals surface area contributed by atoms with E-state index in [0.717, 1.165) is 0 Å². The summed E-state index contributed by atoms with van der Waals surface area (Å²) in [5.74, 6) is 0. The van der Waals surface area contributed by atoms with Crippen LogP contribution in [0.2, 0.25) is 0 Å². The van der Waals surface area contributed by atoms with Crippen molar-refractivity contribution in [3.63, 3.8) is 0 Å². The summed E-state index contributed by atoms with van der Waals surface area (Å²) in [7, 11) is 0. The Balaban J connectivity index is 3.48. The molecule has 0 aliphatic heterocycles. The van der Waals surface area contributed by atoms with Gasteiger partial charge in [-0.05, 0) is 0 Å². The second-order valence-corrected chi connectivity index (χ2v) is 2.95. The maximum absolute atomic E-state index is 4.74. The fourth-order valence-electron chi connectivity index (χ4n) is 0.350. The van der Waals surface area contributed by atoms with Crippen molar-refractivity contribution in [2.24, 2.45) is 0 Å². The van der Waals surface area contributed by atoms with Gasteiger partial charge >= 0.3 is 0 Å². The van der Waals surface area contributed by atoms with Crippen LogP contribution in [0.3, 0.4) is 0 Å². The molecule has 0 spiro atoms. The van der Waals surface area contributed by atoms with Crippen LogP contribution in [0.15, 0.2) is 9.79 Å². The minimum Gasteiger partial charge on any atom is -0.780 e. The monoisotopic (exact) mass is 176 g/mol. The lowest BCUT2D eigenvalue weighted by molar-refractivity contribution is 1.14. The zero-order valence-electron chi connectivity index (χ0n) is 3.63. The molecule has 0 fully saturated rings. The molecule has 0 bridgehead atoms. The number of rotatable bonds is 0. The van der Waals surface area contributed by atoms with Crippen molar-refractivity contribution in [2.75, 3.05) is 0 Å². The van der Waals surface area contributed by atoms with Crippen LogP contribution in [-0.2, 0) is 25.3 Å². The Hall–Kier alpha value is 0.360. The standard InChI is InChI=1S/C4H2S4/c5-1-2(6)4(8)3(1)7/h5-6H/p-2. The van der Waals surface area contributed by atoms with E-state index in [-0.39, 0.29) is 0 Å². The van der Waals surface area contributed by atoms with E-state index >= 15 is 0 Å². The Kier molecular flexibility index (Phi) is 1.58. The van der Waals surface area contributed by atoms with Gasteiger partial charge in [0.2, 0.25) is 0 Å². The van der Waals surface area contributed by atoms with Crippen molar-refractivity contribution in [2.45, 2.75) is 9.79 Å². The summed E-state index contributed by atoms with van der Waals surface area (Å²) in [6, 6.07) is 0. The fourth-order valence-corrected chi connectivity index (χ4v) is 1.42. The number of hydrogen-bond acceptors (Lipinski definition) is 4. The van der Waals surface area contributed by atoms with Gasteiger partial charge < -0.3 is 25.3 Å². The average Bonchev–Trinajstić information content (AvgIpc) is 1.83. The Morgan fingerprint density at radius 2 is 1.12 bits per heavy atom. The first-order chi connectivity index (χ1) is 3.64. The molecule has 8 heavy (non-hydrogen) atoms. The molecule has 0 aliphatic rings. The maximum Gasteiger partial charge on any atom is 0.0337 e. The molecule has 0 aliphatic carbocycles. The van der Waals surface area contributed by atoms with E-state index in [2.05, 4.69) is 0 Å². The van der Waals surface area contributed by atoms with Gasteiger partial charge in [0.05, 0.1) is 0 Å². The molecule has 0 atom stereocenters. The highest BCUT2D eigenvalue weighted by molar-refractivity contribution is 7.75. The summed E-state index contributed by atoms with van der Waals surface area (Å²) < 4.78 is 1.19. The molecule has 42 valence electrons. The van der Waals surface area contributed by atoms with Crippen LogP contribution >= 0.6 is 24.4 Å². The van der Waals surface area contributed by atoms with E-state index in [1.807, 2.05) is 0 Å². The van der Waals surface area contributed by atoms with Crippen molar-refractivity contribution >= 4 is 49.7 Å². The molecule has 0 N–H and O–H groups in total. The quantitative estimate of drug-likeness (QED) is 0.437. The molecule has 0 heterocycles. The Morgan fingerprint density at radius 1 is 0.875 bits per heavy atom. The minimum atomic E-state index is 0.597. The highest BCUT2D eigenvalue weighted by atomic mass is 32.1. The lowest BCUT2D eigenvalue weighted by Gasteiger charge is -2.23. The van der Waals surface area contributed by atoms with E-state index in [9.17, 15) is 0 Å². The molecule has 4 heteroatoms. The molecule has 0 saturated heterocycles. The van der Waals surface area contributed by atoms with Gasteiger partial charge in [0, 0.05) is 9.02 Å². The molecule has 1 aromatic rings. The van der Waals surface area contributed by atoms with Crippen LogP contribution in [0.1, 0.15) is 0 Å². The molecule has 0 aromatic heterocycles. The van der Waals surface area contributed by atoms with E-state index in [1.165, 1.54) is 0 Å². The van der Waals surface area contributed by atoms with E-state index < -0.39 is 0 Å². The van der Waals surface area contributed by atoms with Crippen molar-refractivity contribution < 1.29 is 0 Å². The lowest BCUT2D eigenvalue weighted by atomic mass is 10.3. The third-order valence-corrected chi connectivity index (χ3v) is 2.97. The molecular formula is C4S4-2. The molecule has 0 nitrogen and oxygen atoms in total. The zero-order chi connectivity index (χ0) is 6.31. The Morgan fingerprint density at radius 3 is 1.25 bits per heavy atom. The number of hydrogen-bond donors (Lipinski definition) is 0. The SMILES string of the molecule is S=c1c([S-])c([S-])c1=S. The third kappa shape index (κ3) is 0.683. The average molecular weight is 176 g/mol. The normalized spacial score (nSPS) is 10.0. The van der Waals surface area contributed by atoms with E-state index in [4.69, 9.17) is 49.7 Å². The van der Waals surface area contributed by atoms with Crippen LogP contribution in [0.4, 0.5) is 0 Å². The van der Waals surface area contributed by atoms with Gasteiger partial charge in [0.25, 0.3) is 0 Å². The van der Waals surface area contributed by atoms with Gasteiger partial charge in [0.1, 0.15) is 0 Å². The van der Waals surface area contributed by atoms with Crippen molar-refractivity contribution in [3.8, 4) is 0 Å². The molecule has 1 aromatic carbocycles. The van der Waals surface area contributed by atoms with Gasteiger partial charge in [-0.15, -0.1) is 0 Å². The van der Waals surface area contributed by atoms with E-state index in [0.29, 0.717) is 18.8 Å². The van der Waals surface area contributed by atoms with E-state index in [1.54, 1.807) is 0 Å². The van der Waals surface area contributed by atoms with Crippen molar-refractivity contribution in [1.82, 2.24) is 0 Å². The van der Waals surface area contributed by atoms with Crippen LogP contribution in [0.25, 0.3) is 0 Å². The smallest absolute Gasteiger partial charge is 0.0337 e. The van der Waals surface area contributed by atoms with Gasteiger partial charge in [-0.3, -0.25) is 0 Å². The largest absolute Gasteiger partial charge is 0.780 e. The third-order valence-electron chi connectivity index (χ3n) is 0.825. The lowest BCUT2D eigenvalue weighted by Crippen LogP contribution is -1.87. The fraction of sp³-hybridized carbons (Fsp3) is 0. The van der Waals surface area contributed by atoms with Crippen LogP contribution in [0.5, 0.6) is 0 Å². The zero-order valence-corrected chi connectivity index (χ0v) is 6.90.